The zero-order chi connectivity index (χ0) is 14.3. The van der Waals surface area contributed by atoms with Crippen LogP contribution in [0.4, 0.5) is 0 Å². The van der Waals surface area contributed by atoms with Gasteiger partial charge in [0.1, 0.15) is 13.2 Å². The fourth-order valence-corrected chi connectivity index (χ4v) is 1.41. The molecule has 0 aliphatic rings. The van der Waals surface area contributed by atoms with E-state index < -0.39 is 11.9 Å². The Morgan fingerprint density at radius 2 is 2.16 bits per heavy atom. The molecule has 1 amide bonds. The summed E-state index contributed by atoms with van der Waals surface area (Å²) in [5.41, 5.74) is 1.77. The van der Waals surface area contributed by atoms with E-state index in [9.17, 15) is 9.59 Å². The second-order valence-corrected chi connectivity index (χ2v) is 3.77. The quantitative estimate of drug-likeness (QED) is 0.604. The lowest BCUT2D eigenvalue weighted by atomic mass is 10.0. The minimum absolute atomic E-state index is 0.198. The van der Waals surface area contributed by atoms with Crippen molar-refractivity contribution in [3.8, 4) is 11.8 Å². The maximum atomic E-state index is 12.0. The standard InChI is InChI=1S/C14H15NO4/c1-10-5-6-11(4-3-7-16)12(8-10)14(18)15-9-13(17)19-2/h5-6,8,16H,7,9H2,1-2H3,(H,15,18). The lowest BCUT2D eigenvalue weighted by molar-refractivity contribution is -0.139. The Bertz CT molecular complexity index is 540. The molecule has 5 heteroatoms. The topological polar surface area (TPSA) is 75.6 Å². The van der Waals surface area contributed by atoms with Gasteiger partial charge in [-0.15, -0.1) is 0 Å². The van der Waals surface area contributed by atoms with Crippen LogP contribution in [-0.4, -0.2) is 37.2 Å². The zero-order valence-corrected chi connectivity index (χ0v) is 10.8. The van der Waals surface area contributed by atoms with Crippen molar-refractivity contribution in [2.45, 2.75) is 6.92 Å². The number of aliphatic hydroxyl groups is 1. The van der Waals surface area contributed by atoms with Gasteiger partial charge in [0.2, 0.25) is 0 Å². The van der Waals surface area contributed by atoms with Gasteiger partial charge in [-0.05, 0) is 19.1 Å². The van der Waals surface area contributed by atoms with E-state index in [0.29, 0.717) is 11.1 Å². The Kier molecular flexibility index (Phi) is 5.58. The highest BCUT2D eigenvalue weighted by Crippen LogP contribution is 2.10. The van der Waals surface area contributed by atoms with Crippen molar-refractivity contribution < 1.29 is 19.4 Å². The number of methoxy groups -OCH3 is 1. The van der Waals surface area contributed by atoms with Gasteiger partial charge < -0.3 is 15.2 Å². The summed E-state index contributed by atoms with van der Waals surface area (Å²) >= 11 is 0. The number of amides is 1. The second-order valence-electron chi connectivity index (χ2n) is 3.77. The molecule has 1 rings (SSSR count). The average molecular weight is 261 g/mol. The number of aryl methyl sites for hydroxylation is 1. The first kappa shape index (κ1) is 14.7. The molecule has 0 unspecified atom stereocenters. The molecule has 0 aliphatic carbocycles. The molecule has 100 valence electrons. The molecule has 0 heterocycles. The Morgan fingerprint density at radius 1 is 1.42 bits per heavy atom. The Hall–Kier alpha value is -2.32. The van der Waals surface area contributed by atoms with Crippen LogP contribution in [0.2, 0.25) is 0 Å². The summed E-state index contributed by atoms with van der Waals surface area (Å²) in [5.74, 6) is 4.25. The van der Waals surface area contributed by atoms with Crippen LogP contribution in [0.3, 0.4) is 0 Å². The highest BCUT2D eigenvalue weighted by atomic mass is 16.5. The summed E-state index contributed by atoms with van der Waals surface area (Å²) < 4.78 is 4.44. The predicted octanol–water partition coefficient (Wildman–Crippen LogP) is 0.242. The molecule has 19 heavy (non-hydrogen) atoms. The van der Waals surface area contributed by atoms with E-state index in [2.05, 4.69) is 21.9 Å². The SMILES string of the molecule is COC(=O)CNC(=O)c1cc(C)ccc1C#CCO. The predicted molar refractivity (Wildman–Crippen MR) is 69.5 cm³/mol. The highest BCUT2D eigenvalue weighted by molar-refractivity contribution is 5.98. The van der Waals surface area contributed by atoms with Gasteiger partial charge in [-0.25, -0.2) is 0 Å². The molecule has 5 nitrogen and oxygen atoms in total. The average Bonchev–Trinajstić information content (AvgIpc) is 2.42. The number of esters is 1. The van der Waals surface area contributed by atoms with Crippen LogP contribution in [0.1, 0.15) is 21.5 Å². The molecule has 2 N–H and O–H groups in total. The molecule has 1 aromatic carbocycles. The largest absolute Gasteiger partial charge is 0.468 e. The Balaban J connectivity index is 2.94. The van der Waals surface area contributed by atoms with E-state index in [4.69, 9.17) is 5.11 Å². The van der Waals surface area contributed by atoms with Crippen molar-refractivity contribution in [1.82, 2.24) is 5.32 Å². The summed E-state index contributed by atoms with van der Waals surface area (Å²) in [6.07, 6.45) is 0. The maximum absolute atomic E-state index is 12.0. The molecule has 0 saturated carbocycles. The number of carbonyl (C=O) groups is 2. The molecule has 0 atom stereocenters. The molecular weight excluding hydrogens is 246 g/mol. The van der Waals surface area contributed by atoms with E-state index in [0.717, 1.165) is 5.56 Å². The summed E-state index contributed by atoms with van der Waals surface area (Å²) in [6.45, 7) is 1.37. The minimum Gasteiger partial charge on any atom is -0.468 e. The van der Waals surface area contributed by atoms with E-state index in [1.165, 1.54) is 7.11 Å². The van der Waals surface area contributed by atoms with Crippen LogP contribution in [0, 0.1) is 18.8 Å². The fourth-order valence-electron chi connectivity index (χ4n) is 1.41. The molecule has 0 saturated heterocycles. The van der Waals surface area contributed by atoms with Crippen LogP contribution in [-0.2, 0) is 9.53 Å². The number of hydrogen-bond donors (Lipinski definition) is 2. The van der Waals surface area contributed by atoms with E-state index in [1.807, 2.05) is 13.0 Å². The molecule has 0 fully saturated rings. The minimum atomic E-state index is -0.524. The van der Waals surface area contributed by atoms with Crippen molar-refractivity contribution in [2.75, 3.05) is 20.3 Å². The van der Waals surface area contributed by atoms with Gasteiger partial charge in [-0.3, -0.25) is 9.59 Å². The van der Waals surface area contributed by atoms with Crippen LogP contribution in [0.15, 0.2) is 18.2 Å². The number of benzene rings is 1. The van der Waals surface area contributed by atoms with Crippen molar-refractivity contribution >= 4 is 11.9 Å². The van der Waals surface area contributed by atoms with E-state index in [1.54, 1.807) is 12.1 Å². The van der Waals surface area contributed by atoms with Gasteiger partial charge in [-0.2, -0.15) is 0 Å². The van der Waals surface area contributed by atoms with Gasteiger partial charge in [0.05, 0.1) is 12.7 Å². The Labute approximate surface area is 111 Å². The summed E-state index contributed by atoms with van der Waals surface area (Å²) in [7, 11) is 1.25. The number of hydrogen-bond acceptors (Lipinski definition) is 4. The van der Waals surface area contributed by atoms with Crippen molar-refractivity contribution in [1.29, 1.82) is 0 Å². The van der Waals surface area contributed by atoms with Crippen molar-refractivity contribution in [2.24, 2.45) is 0 Å². The Morgan fingerprint density at radius 3 is 2.79 bits per heavy atom. The van der Waals surface area contributed by atoms with E-state index in [-0.39, 0.29) is 13.2 Å². The maximum Gasteiger partial charge on any atom is 0.325 e. The third-order valence-electron chi connectivity index (χ3n) is 2.34. The molecule has 0 aromatic heterocycles. The molecular formula is C14H15NO4. The molecule has 0 radical (unpaired) electrons. The summed E-state index contributed by atoms with van der Waals surface area (Å²) in [5, 5.41) is 11.1. The van der Waals surface area contributed by atoms with Crippen LogP contribution >= 0.6 is 0 Å². The number of aliphatic hydroxyl groups excluding tert-OH is 1. The molecule has 0 spiro atoms. The van der Waals surface area contributed by atoms with Gasteiger partial charge in [0.25, 0.3) is 5.91 Å². The number of rotatable bonds is 3. The zero-order valence-electron chi connectivity index (χ0n) is 10.8. The van der Waals surface area contributed by atoms with Gasteiger partial charge in [0, 0.05) is 5.56 Å². The molecule has 0 aliphatic heterocycles. The van der Waals surface area contributed by atoms with Gasteiger partial charge in [-0.1, -0.05) is 23.5 Å². The first-order chi connectivity index (χ1) is 9.08. The number of nitrogens with one attached hydrogen (secondary N) is 1. The van der Waals surface area contributed by atoms with Crippen LogP contribution in [0.25, 0.3) is 0 Å². The summed E-state index contributed by atoms with van der Waals surface area (Å²) in [4.78, 5) is 22.9. The lowest BCUT2D eigenvalue weighted by Crippen LogP contribution is -2.30. The smallest absolute Gasteiger partial charge is 0.325 e. The highest BCUT2D eigenvalue weighted by Gasteiger charge is 2.12. The first-order valence-corrected chi connectivity index (χ1v) is 5.64. The normalized spacial score (nSPS) is 9.21. The van der Waals surface area contributed by atoms with E-state index >= 15 is 0 Å². The third kappa shape index (κ3) is 4.45. The van der Waals surface area contributed by atoms with Gasteiger partial charge in [0.15, 0.2) is 0 Å². The first-order valence-electron chi connectivity index (χ1n) is 5.64. The monoisotopic (exact) mass is 261 g/mol. The number of carbonyl (C=O) groups excluding carboxylic acids is 2. The molecule has 1 aromatic rings. The second kappa shape index (κ2) is 7.19. The van der Waals surface area contributed by atoms with Crippen LogP contribution < -0.4 is 5.32 Å². The fraction of sp³-hybridized carbons (Fsp3) is 0.286. The summed E-state index contributed by atoms with van der Waals surface area (Å²) in [6, 6.07) is 5.19. The van der Waals surface area contributed by atoms with Gasteiger partial charge >= 0.3 is 5.97 Å². The van der Waals surface area contributed by atoms with Crippen LogP contribution in [0.5, 0.6) is 0 Å². The third-order valence-corrected chi connectivity index (χ3v) is 2.34. The molecule has 0 bridgehead atoms. The van der Waals surface area contributed by atoms with Crippen molar-refractivity contribution in [3.63, 3.8) is 0 Å². The number of ether oxygens (including phenoxy) is 1. The van der Waals surface area contributed by atoms with Crippen molar-refractivity contribution in [3.05, 3.63) is 34.9 Å². The lowest BCUT2D eigenvalue weighted by Gasteiger charge is -2.07.